The molecule has 1 saturated heterocycles. The van der Waals surface area contributed by atoms with Gasteiger partial charge in [-0.3, -0.25) is 4.79 Å². The van der Waals surface area contributed by atoms with Crippen molar-refractivity contribution < 1.29 is 4.79 Å². The fourth-order valence-corrected chi connectivity index (χ4v) is 3.29. The number of hydrogen-bond acceptors (Lipinski definition) is 4. The van der Waals surface area contributed by atoms with Crippen LogP contribution < -0.4 is 5.73 Å². The second-order valence-electron chi connectivity index (χ2n) is 5.14. The molecular formula is C13H21N3OS. The van der Waals surface area contributed by atoms with E-state index in [1.54, 1.807) is 0 Å². The number of carbonyl (C=O) groups is 1. The van der Waals surface area contributed by atoms with Gasteiger partial charge in [-0.05, 0) is 32.2 Å². The van der Waals surface area contributed by atoms with E-state index in [0.717, 1.165) is 30.8 Å². The number of hydrogen-bond donors (Lipinski definition) is 1. The predicted molar refractivity (Wildman–Crippen MR) is 73.8 cm³/mol. The van der Waals surface area contributed by atoms with Gasteiger partial charge in [0, 0.05) is 24.4 Å². The van der Waals surface area contributed by atoms with Crippen molar-refractivity contribution in [1.82, 2.24) is 9.88 Å². The highest BCUT2D eigenvalue weighted by molar-refractivity contribution is 7.09. The highest BCUT2D eigenvalue weighted by Gasteiger charge is 2.28. The number of likely N-dealkylation sites (tertiary alicyclic amines) is 1. The van der Waals surface area contributed by atoms with E-state index in [1.165, 1.54) is 11.3 Å². The molecule has 1 amide bonds. The molecule has 0 spiro atoms. The number of thiazole rings is 1. The maximum atomic E-state index is 12.4. The summed E-state index contributed by atoms with van der Waals surface area (Å²) >= 11 is 1.53. The molecule has 2 unspecified atom stereocenters. The Hall–Kier alpha value is -0.940. The van der Waals surface area contributed by atoms with E-state index in [2.05, 4.69) is 18.8 Å². The zero-order chi connectivity index (χ0) is 13.1. The third-order valence-corrected chi connectivity index (χ3v) is 4.44. The van der Waals surface area contributed by atoms with Gasteiger partial charge in [-0.25, -0.2) is 4.98 Å². The maximum absolute atomic E-state index is 12.4. The third-order valence-electron chi connectivity index (χ3n) is 3.53. The van der Waals surface area contributed by atoms with Crippen LogP contribution in [0.1, 0.15) is 42.2 Å². The van der Waals surface area contributed by atoms with E-state index in [4.69, 9.17) is 5.73 Å². The van der Waals surface area contributed by atoms with Crippen molar-refractivity contribution in [2.24, 2.45) is 11.7 Å². The van der Waals surface area contributed by atoms with Gasteiger partial charge in [0.1, 0.15) is 5.69 Å². The van der Waals surface area contributed by atoms with Gasteiger partial charge in [0.2, 0.25) is 0 Å². The molecule has 2 rings (SSSR count). The zero-order valence-electron chi connectivity index (χ0n) is 11.1. The molecule has 100 valence electrons. The van der Waals surface area contributed by atoms with Crippen molar-refractivity contribution in [3.63, 3.8) is 0 Å². The van der Waals surface area contributed by atoms with Crippen LogP contribution in [0.4, 0.5) is 0 Å². The molecule has 18 heavy (non-hydrogen) atoms. The smallest absolute Gasteiger partial charge is 0.273 e. The number of amides is 1. The Morgan fingerprint density at radius 3 is 3.06 bits per heavy atom. The molecule has 1 aliphatic heterocycles. The number of piperidine rings is 1. The van der Waals surface area contributed by atoms with Crippen molar-refractivity contribution in [2.75, 3.05) is 13.1 Å². The van der Waals surface area contributed by atoms with Gasteiger partial charge in [0.15, 0.2) is 0 Å². The van der Waals surface area contributed by atoms with Crippen LogP contribution in [0.2, 0.25) is 0 Å². The van der Waals surface area contributed by atoms with Gasteiger partial charge in [0.25, 0.3) is 5.91 Å². The number of rotatable bonds is 3. The summed E-state index contributed by atoms with van der Waals surface area (Å²) in [6.45, 7) is 5.81. The predicted octanol–water partition coefficient (Wildman–Crippen LogP) is 1.90. The zero-order valence-corrected chi connectivity index (χ0v) is 11.9. The number of aromatic nitrogens is 1. The fraction of sp³-hybridized carbons (Fsp3) is 0.692. The average Bonchev–Trinajstić information content (AvgIpc) is 2.77. The van der Waals surface area contributed by atoms with Gasteiger partial charge in [-0.2, -0.15) is 0 Å². The Kier molecular flexibility index (Phi) is 4.35. The topological polar surface area (TPSA) is 59.2 Å². The molecule has 5 heteroatoms. The van der Waals surface area contributed by atoms with E-state index in [1.807, 2.05) is 10.3 Å². The Balaban J connectivity index is 2.05. The summed E-state index contributed by atoms with van der Waals surface area (Å²) in [5.41, 5.74) is 6.09. The van der Waals surface area contributed by atoms with Gasteiger partial charge < -0.3 is 10.6 Å². The molecule has 0 aromatic carbocycles. The van der Waals surface area contributed by atoms with Gasteiger partial charge in [-0.1, -0.05) is 6.92 Å². The highest BCUT2D eigenvalue weighted by atomic mass is 32.1. The summed E-state index contributed by atoms with van der Waals surface area (Å²) in [4.78, 5) is 18.7. The molecule has 0 saturated carbocycles. The first kappa shape index (κ1) is 13.5. The lowest BCUT2D eigenvalue weighted by molar-refractivity contribution is 0.0583. The maximum Gasteiger partial charge on any atom is 0.273 e. The van der Waals surface area contributed by atoms with E-state index in [0.29, 0.717) is 24.2 Å². The molecule has 1 fully saturated rings. The first-order valence-corrected chi connectivity index (χ1v) is 7.45. The average molecular weight is 267 g/mol. The van der Waals surface area contributed by atoms with Crippen LogP contribution in [0.15, 0.2) is 5.38 Å². The molecule has 0 aliphatic carbocycles. The molecule has 1 aromatic rings. The summed E-state index contributed by atoms with van der Waals surface area (Å²) < 4.78 is 0. The van der Waals surface area contributed by atoms with Crippen molar-refractivity contribution >= 4 is 17.2 Å². The Morgan fingerprint density at radius 1 is 1.61 bits per heavy atom. The molecule has 2 atom stereocenters. The molecule has 2 heterocycles. The van der Waals surface area contributed by atoms with Crippen LogP contribution >= 0.6 is 11.3 Å². The van der Waals surface area contributed by atoms with E-state index in [-0.39, 0.29) is 5.91 Å². The van der Waals surface area contributed by atoms with Crippen LogP contribution in [-0.4, -0.2) is 34.9 Å². The van der Waals surface area contributed by atoms with Crippen LogP contribution in [0.5, 0.6) is 0 Å². The monoisotopic (exact) mass is 267 g/mol. The standard InChI is InChI=1S/C13H21N3OS/c1-9-4-6-16(10(2)7-9)13(17)11-8-18-12(15-11)3-5-14/h8-10H,3-7,14H2,1-2H3. The number of nitrogens with zero attached hydrogens (tertiary/aromatic N) is 2. The number of nitrogens with two attached hydrogens (primary N) is 1. The molecule has 4 nitrogen and oxygen atoms in total. The minimum absolute atomic E-state index is 0.0777. The lowest BCUT2D eigenvalue weighted by Gasteiger charge is -2.36. The SMILES string of the molecule is CC1CCN(C(=O)c2csc(CCN)n2)C(C)C1. The van der Waals surface area contributed by atoms with Crippen molar-refractivity contribution in [2.45, 2.75) is 39.2 Å². The van der Waals surface area contributed by atoms with Crippen molar-refractivity contribution in [3.8, 4) is 0 Å². The first-order valence-electron chi connectivity index (χ1n) is 6.57. The Morgan fingerprint density at radius 2 is 2.39 bits per heavy atom. The first-order chi connectivity index (χ1) is 8.61. The summed E-state index contributed by atoms with van der Waals surface area (Å²) in [7, 11) is 0. The van der Waals surface area contributed by atoms with Crippen LogP contribution in [0, 0.1) is 5.92 Å². The third kappa shape index (κ3) is 2.90. The summed E-state index contributed by atoms with van der Waals surface area (Å²) in [5, 5.41) is 2.82. The van der Waals surface area contributed by atoms with E-state index in [9.17, 15) is 4.79 Å². The minimum atomic E-state index is 0.0777. The highest BCUT2D eigenvalue weighted by Crippen LogP contribution is 2.24. The summed E-state index contributed by atoms with van der Waals surface area (Å²) in [5.74, 6) is 0.793. The Labute approximate surface area is 112 Å². The lowest BCUT2D eigenvalue weighted by atomic mass is 9.93. The van der Waals surface area contributed by atoms with Gasteiger partial charge >= 0.3 is 0 Å². The van der Waals surface area contributed by atoms with Crippen LogP contribution in [-0.2, 0) is 6.42 Å². The Bertz CT molecular complexity index is 418. The molecular weight excluding hydrogens is 246 g/mol. The van der Waals surface area contributed by atoms with E-state index < -0.39 is 0 Å². The second kappa shape index (κ2) is 5.80. The van der Waals surface area contributed by atoms with Crippen LogP contribution in [0.3, 0.4) is 0 Å². The second-order valence-corrected chi connectivity index (χ2v) is 6.08. The molecule has 0 radical (unpaired) electrons. The summed E-state index contributed by atoms with van der Waals surface area (Å²) in [6, 6.07) is 0.320. The normalized spacial score (nSPS) is 24.3. The molecule has 2 N–H and O–H groups in total. The summed E-state index contributed by atoms with van der Waals surface area (Å²) in [6.07, 6.45) is 2.94. The largest absolute Gasteiger partial charge is 0.335 e. The quantitative estimate of drug-likeness (QED) is 0.910. The molecule has 1 aliphatic rings. The molecule has 1 aromatic heterocycles. The van der Waals surface area contributed by atoms with Crippen molar-refractivity contribution in [3.05, 3.63) is 16.1 Å². The molecule has 0 bridgehead atoms. The van der Waals surface area contributed by atoms with E-state index >= 15 is 0 Å². The van der Waals surface area contributed by atoms with Crippen LogP contribution in [0.25, 0.3) is 0 Å². The fourth-order valence-electron chi connectivity index (χ4n) is 2.50. The lowest BCUT2D eigenvalue weighted by Crippen LogP contribution is -2.44. The van der Waals surface area contributed by atoms with Crippen molar-refractivity contribution in [1.29, 1.82) is 0 Å². The minimum Gasteiger partial charge on any atom is -0.335 e. The van der Waals surface area contributed by atoms with Gasteiger partial charge in [0.05, 0.1) is 5.01 Å². The van der Waals surface area contributed by atoms with Gasteiger partial charge in [-0.15, -0.1) is 11.3 Å². The number of carbonyl (C=O) groups excluding carboxylic acids is 1.